The average Bonchev–Trinajstić information content (AvgIpc) is 2.78. The van der Waals surface area contributed by atoms with Crippen LogP contribution in [0.15, 0.2) is 82.7 Å². The van der Waals surface area contributed by atoms with Gasteiger partial charge in [-0.15, -0.1) is 0 Å². The largest absolute Gasteiger partial charge is 0.493 e. The number of ether oxygens (including phenoxy) is 1. The first-order valence-corrected chi connectivity index (χ1v) is 10.2. The van der Waals surface area contributed by atoms with Gasteiger partial charge in [-0.2, -0.15) is 5.26 Å². The molecule has 5 nitrogen and oxygen atoms in total. The molecule has 0 fully saturated rings. The van der Waals surface area contributed by atoms with Crippen molar-refractivity contribution in [3.8, 4) is 17.5 Å². The second kappa shape index (κ2) is 8.80. The molecule has 0 saturated carbocycles. The van der Waals surface area contributed by atoms with Crippen molar-refractivity contribution in [3.63, 3.8) is 0 Å². The van der Waals surface area contributed by atoms with Gasteiger partial charge < -0.3 is 4.74 Å². The topological polar surface area (TPSA) is 67.9 Å². The molecule has 0 aliphatic carbocycles. The summed E-state index contributed by atoms with van der Waals surface area (Å²) in [5.74, 6) is 0.652. The van der Waals surface area contributed by atoms with Crippen molar-refractivity contribution in [2.24, 2.45) is 0 Å². The lowest BCUT2D eigenvalue weighted by atomic mass is 10.2. The van der Waals surface area contributed by atoms with E-state index in [1.165, 1.54) is 22.4 Å². The molecule has 0 N–H and O–H groups in total. The molecule has 148 valence electrons. The maximum Gasteiger partial charge on any atom is 0.266 e. The molecule has 1 heterocycles. The van der Waals surface area contributed by atoms with Gasteiger partial charge in [-0.25, -0.2) is 9.37 Å². The highest BCUT2D eigenvalue weighted by atomic mass is 32.2. The Balaban J connectivity index is 1.61. The van der Waals surface area contributed by atoms with Crippen LogP contribution in [-0.4, -0.2) is 21.9 Å². The Kier molecular flexibility index (Phi) is 5.77. The third-order valence-corrected chi connectivity index (χ3v) is 5.31. The van der Waals surface area contributed by atoms with Crippen LogP contribution in [0.25, 0.3) is 16.6 Å². The molecule has 7 heteroatoms. The SMILES string of the molecule is N#Cc1ccc(OCCSc2nc3ccccc3c(=O)n2-c2ccccc2F)cc1. The molecule has 0 spiro atoms. The molecule has 1 aromatic heterocycles. The fourth-order valence-corrected chi connectivity index (χ4v) is 3.80. The highest BCUT2D eigenvalue weighted by Crippen LogP contribution is 2.23. The van der Waals surface area contributed by atoms with E-state index in [1.807, 2.05) is 6.07 Å². The molecular formula is C23H16FN3O2S. The zero-order valence-electron chi connectivity index (χ0n) is 15.8. The van der Waals surface area contributed by atoms with E-state index >= 15 is 0 Å². The second-order valence-corrected chi connectivity index (χ2v) is 7.40. The van der Waals surface area contributed by atoms with Crippen molar-refractivity contribution in [1.29, 1.82) is 5.26 Å². The van der Waals surface area contributed by atoms with Crippen LogP contribution < -0.4 is 10.3 Å². The minimum atomic E-state index is -0.493. The maximum atomic E-state index is 14.5. The van der Waals surface area contributed by atoms with E-state index in [1.54, 1.807) is 60.7 Å². The van der Waals surface area contributed by atoms with Crippen LogP contribution in [0.5, 0.6) is 5.75 Å². The Morgan fingerprint density at radius 3 is 2.53 bits per heavy atom. The summed E-state index contributed by atoms with van der Waals surface area (Å²) in [5.41, 5.74) is 0.967. The summed E-state index contributed by atoms with van der Waals surface area (Å²) in [4.78, 5) is 17.7. The summed E-state index contributed by atoms with van der Waals surface area (Å²) < 4.78 is 21.5. The number of benzene rings is 3. The maximum absolute atomic E-state index is 14.5. The van der Waals surface area contributed by atoms with Gasteiger partial charge in [-0.05, 0) is 48.5 Å². The smallest absolute Gasteiger partial charge is 0.266 e. The van der Waals surface area contributed by atoms with Crippen molar-refractivity contribution in [2.75, 3.05) is 12.4 Å². The van der Waals surface area contributed by atoms with Gasteiger partial charge in [-0.1, -0.05) is 36.0 Å². The van der Waals surface area contributed by atoms with E-state index < -0.39 is 5.82 Å². The minimum Gasteiger partial charge on any atom is -0.493 e. The van der Waals surface area contributed by atoms with Gasteiger partial charge in [-0.3, -0.25) is 9.36 Å². The molecule has 0 unspecified atom stereocenters. The monoisotopic (exact) mass is 417 g/mol. The molecule has 0 aliphatic heterocycles. The molecule has 30 heavy (non-hydrogen) atoms. The Labute approximate surface area is 176 Å². The molecule has 0 saturated heterocycles. The molecule has 0 amide bonds. The molecular weight excluding hydrogens is 401 g/mol. The van der Waals surface area contributed by atoms with Gasteiger partial charge >= 0.3 is 0 Å². The molecule has 0 atom stereocenters. The highest BCUT2D eigenvalue weighted by molar-refractivity contribution is 7.99. The quantitative estimate of drug-likeness (QED) is 0.261. The van der Waals surface area contributed by atoms with E-state index in [9.17, 15) is 9.18 Å². The van der Waals surface area contributed by atoms with Gasteiger partial charge in [0.25, 0.3) is 5.56 Å². The van der Waals surface area contributed by atoms with Crippen LogP contribution in [0.1, 0.15) is 5.56 Å². The molecule has 0 bridgehead atoms. The second-order valence-electron chi connectivity index (χ2n) is 6.34. The van der Waals surface area contributed by atoms with Crippen LogP contribution in [0.3, 0.4) is 0 Å². The number of rotatable bonds is 6. The molecule has 0 radical (unpaired) electrons. The van der Waals surface area contributed by atoms with Crippen molar-refractivity contribution in [3.05, 3.63) is 94.5 Å². The normalized spacial score (nSPS) is 10.7. The first-order valence-electron chi connectivity index (χ1n) is 9.20. The van der Waals surface area contributed by atoms with Crippen molar-refractivity contribution >= 4 is 22.7 Å². The third kappa shape index (κ3) is 4.04. The number of para-hydroxylation sites is 2. The summed E-state index contributed by atoms with van der Waals surface area (Å²) in [6.45, 7) is 0.358. The van der Waals surface area contributed by atoms with E-state index in [0.29, 0.717) is 39.7 Å². The lowest BCUT2D eigenvalue weighted by molar-refractivity contribution is 0.344. The summed E-state index contributed by atoms with van der Waals surface area (Å²) in [5, 5.41) is 9.68. The molecule has 4 aromatic rings. The van der Waals surface area contributed by atoms with Crippen LogP contribution in [0.2, 0.25) is 0 Å². The average molecular weight is 417 g/mol. The van der Waals surface area contributed by atoms with Gasteiger partial charge in [0, 0.05) is 5.75 Å². The van der Waals surface area contributed by atoms with E-state index in [2.05, 4.69) is 11.1 Å². The standard InChI is InChI=1S/C23H16FN3O2S/c24-19-6-2-4-8-21(19)27-22(28)18-5-1-3-7-20(18)26-23(27)30-14-13-29-17-11-9-16(15-25)10-12-17/h1-12H,13-14H2. The fourth-order valence-electron chi connectivity index (χ4n) is 2.97. The molecule has 4 rings (SSSR count). The predicted molar refractivity (Wildman–Crippen MR) is 115 cm³/mol. The van der Waals surface area contributed by atoms with Crippen molar-refractivity contribution in [2.45, 2.75) is 5.16 Å². The van der Waals surface area contributed by atoms with E-state index in [-0.39, 0.29) is 11.2 Å². The van der Waals surface area contributed by atoms with Crippen molar-refractivity contribution < 1.29 is 9.13 Å². The Hall–Kier alpha value is -3.63. The Morgan fingerprint density at radius 2 is 1.77 bits per heavy atom. The van der Waals surface area contributed by atoms with E-state index in [0.717, 1.165) is 0 Å². The zero-order valence-corrected chi connectivity index (χ0v) is 16.6. The molecule has 0 aliphatic rings. The van der Waals surface area contributed by atoms with Gasteiger partial charge in [0.2, 0.25) is 0 Å². The Bertz CT molecular complexity index is 1300. The summed E-state index contributed by atoms with van der Waals surface area (Å²) in [6.07, 6.45) is 0. The third-order valence-electron chi connectivity index (χ3n) is 4.40. The highest BCUT2D eigenvalue weighted by Gasteiger charge is 2.15. The summed E-state index contributed by atoms with van der Waals surface area (Å²) >= 11 is 1.31. The number of halogens is 1. The number of nitriles is 1. The zero-order chi connectivity index (χ0) is 20.9. The van der Waals surface area contributed by atoms with E-state index in [4.69, 9.17) is 10.00 Å². The summed E-state index contributed by atoms with van der Waals surface area (Å²) in [6, 6.07) is 22.0. The van der Waals surface area contributed by atoms with Gasteiger partial charge in [0.15, 0.2) is 5.16 Å². The first-order chi connectivity index (χ1) is 14.7. The van der Waals surface area contributed by atoms with Gasteiger partial charge in [0.1, 0.15) is 11.6 Å². The number of fused-ring (bicyclic) bond motifs is 1. The summed E-state index contributed by atoms with van der Waals surface area (Å²) in [7, 11) is 0. The van der Waals surface area contributed by atoms with Crippen LogP contribution in [0.4, 0.5) is 4.39 Å². The first kappa shape index (κ1) is 19.7. The van der Waals surface area contributed by atoms with Gasteiger partial charge in [0.05, 0.1) is 34.8 Å². The number of hydrogen-bond donors (Lipinski definition) is 0. The van der Waals surface area contributed by atoms with Crippen LogP contribution in [0, 0.1) is 17.1 Å². The number of aromatic nitrogens is 2. The fraction of sp³-hybridized carbons (Fsp3) is 0.0870. The van der Waals surface area contributed by atoms with Crippen LogP contribution >= 0.6 is 11.8 Å². The number of hydrogen-bond acceptors (Lipinski definition) is 5. The van der Waals surface area contributed by atoms with Crippen LogP contribution in [-0.2, 0) is 0 Å². The lowest BCUT2D eigenvalue weighted by Gasteiger charge is -2.14. The Morgan fingerprint density at radius 1 is 1.03 bits per heavy atom. The minimum absolute atomic E-state index is 0.163. The molecule has 3 aromatic carbocycles. The number of nitrogens with zero attached hydrogens (tertiary/aromatic N) is 3. The lowest BCUT2D eigenvalue weighted by Crippen LogP contribution is -2.23. The predicted octanol–water partition coefficient (Wildman–Crippen LogP) is 4.57. The number of thioether (sulfide) groups is 1. The van der Waals surface area contributed by atoms with Crippen molar-refractivity contribution in [1.82, 2.24) is 9.55 Å².